The van der Waals surface area contributed by atoms with E-state index >= 15 is 0 Å². The Morgan fingerprint density at radius 2 is 2.17 bits per heavy atom. The first-order valence-corrected chi connectivity index (χ1v) is 9.32. The van der Waals surface area contributed by atoms with Crippen molar-refractivity contribution in [3.63, 3.8) is 0 Å². The highest BCUT2D eigenvalue weighted by atomic mass is 32.2. The van der Waals surface area contributed by atoms with E-state index in [2.05, 4.69) is 0 Å². The number of nitrogens with zero attached hydrogens (tertiary/aromatic N) is 3. The van der Waals surface area contributed by atoms with E-state index in [1.807, 2.05) is 6.92 Å². The Labute approximate surface area is 141 Å². The first kappa shape index (κ1) is 18.6. The van der Waals surface area contributed by atoms with Crippen molar-refractivity contribution in [3.8, 4) is 0 Å². The van der Waals surface area contributed by atoms with Crippen molar-refractivity contribution in [3.05, 3.63) is 28.3 Å². The summed E-state index contributed by atoms with van der Waals surface area (Å²) >= 11 is 0. The maximum Gasteiger partial charge on any atom is 0.293 e. The van der Waals surface area contributed by atoms with Crippen LogP contribution in [-0.4, -0.2) is 56.0 Å². The van der Waals surface area contributed by atoms with Crippen molar-refractivity contribution in [2.75, 3.05) is 38.2 Å². The number of aliphatic hydroxyl groups is 1. The SMILES string of the molecule is C[C@@H]1CCCN(S(=O)(=O)c2ccc(N(C)CCO)c([N+](=O)[O-])c2)C1. The molecule has 0 radical (unpaired) electrons. The summed E-state index contributed by atoms with van der Waals surface area (Å²) < 4.78 is 26.9. The fraction of sp³-hybridized carbons (Fsp3) is 0.600. The van der Waals surface area contributed by atoms with E-state index in [1.165, 1.54) is 21.3 Å². The van der Waals surface area contributed by atoms with Crippen molar-refractivity contribution in [1.82, 2.24) is 4.31 Å². The Hall–Kier alpha value is -1.71. The highest BCUT2D eigenvalue weighted by Crippen LogP contribution is 2.32. The summed E-state index contributed by atoms with van der Waals surface area (Å²) in [5.74, 6) is 0.276. The summed E-state index contributed by atoms with van der Waals surface area (Å²) in [6.45, 7) is 2.93. The highest BCUT2D eigenvalue weighted by molar-refractivity contribution is 7.89. The van der Waals surface area contributed by atoms with Gasteiger partial charge >= 0.3 is 0 Å². The molecular formula is C15H23N3O5S. The van der Waals surface area contributed by atoms with E-state index in [0.29, 0.717) is 13.1 Å². The normalized spacial score (nSPS) is 19.2. The zero-order valence-electron chi connectivity index (χ0n) is 13.9. The molecule has 1 aromatic carbocycles. The molecule has 0 aromatic heterocycles. The third-order valence-corrected chi connectivity index (χ3v) is 6.11. The van der Waals surface area contributed by atoms with Gasteiger partial charge in [-0.3, -0.25) is 10.1 Å². The Bertz CT molecular complexity index is 707. The molecule has 1 fully saturated rings. The molecule has 1 N–H and O–H groups in total. The average Bonchev–Trinajstić information content (AvgIpc) is 2.54. The molecule has 24 heavy (non-hydrogen) atoms. The molecule has 1 aliphatic rings. The maximum atomic E-state index is 12.8. The first-order chi connectivity index (χ1) is 11.3. The van der Waals surface area contributed by atoms with Crippen LogP contribution in [0.4, 0.5) is 11.4 Å². The number of aliphatic hydroxyl groups excluding tert-OH is 1. The second-order valence-corrected chi connectivity index (χ2v) is 8.10. The minimum atomic E-state index is -3.74. The number of nitro benzene ring substituents is 1. The summed E-state index contributed by atoms with van der Waals surface area (Å²) in [6, 6.07) is 3.93. The molecule has 2 rings (SSSR count). The average molecular weight is 357 g/mol. The number of hydrogen-bond acceptors (Lipinski definition) is 6. The van der Waals surface area contributed by atoms with Crippen LogP contribution in [0, 0.1) is 16.0 Å². The molecule has 1 heterocycles. The number of likely N-dealkylation sites (N-methyl/N-ethyl adjacent to an activating group) is 1. The van der Waals surface area contributed by atoms with E-state index in [9.17, 15) is 18.5 Å². The Kier molecular flexibility index (Phi) is 5.79. The van der Waals surface area contributed by atoms with Crippen molar-refractivity contribution < 1.29 is 18.4 Å². The predicted octanol–water partition coefficient (Wildman–Crippen LogP) is 1.44. The van der Waals surface area contributed by atoms with E-state index in [1.54, 1.807) is 7.05 Å². The van der Waals surface area contributed by atoms with Crippen molar-refractivity contribution in [2.24, 2.45) is 5.92 Å². The zero-order chi connectivity index (χ0) is 17.9. The maximum absolute atomic E-state index is 12.8. The van der Waals surface area contributed by atoms with Crippen molar-refractivity contribution in [1.29, 1.82) is 0 Å². The van der Waals surface area contributed by atoms with Gasteiger partial charge in [0.2, 0.25) is 10.0 Å². The van der Waals surface area contributed by atoms with Crippen LogP contribution < -0.4 is 4.90 Å². The van der Waals surface area contributed by atoms with Gasteiger partial charge in [0.25, 0.3) is 5.69 Å². The van der Waals surface area contributed by atoms with E-state index in [0.717, 1.165) is 18.9 Å². The predicted molar refractivity (Wildman–Crippen MR) is 90.6 cm³/mol. The van der Waals surface area contributed by atoms with Gasteiger partial charge in [0, 0.05) is 32.7 Å². The van der Waals surface area contributed by atoms with Crippen LogP contribution in [0.1, 0.15) is 19.8 Å². The molecule has 0 aliphatic carbocycles. The number of hydrogen-bond donors (Lipinski definition) is 1. The fourth-order valence-corrected chi connectivity index (χ4v) is 4.54. The topological polar surface area (TPSA) is 104 Å². The molecule has 8 nitrogen and oxygen atoms in total. The van der Waals surface area contributed by atoms with Gasteiger partial charge in [-0.15, -0.1) is 0 Å². The van der Waals surface area contributed by atoms with Crippen LogP contribution in [-0.2, 0) is 10.0 Å². The third kappa shape index (κ3) is 3.85. The molecule has 0 spiro atoms. The van der Waals surface area contributed by atoms with Gasteiger partial charge in [-0.05, 0) is 30.9 Å². The first-order valence-electron chi connectivity index (χ1n) is 7.88. The molecule has 0 amide bonds. The van der Waals surface area contributed by atoms with Crippen LogP contribution >= 0.6 is 0 Å². The smallest absolute Gasteiger partial charge is 0.293 e. The molecule has 1 aliphatic heterocycles. The quantitative estimate of drug-likeness (QED) is 0.610. The van der Waals surface area contributed by atoms with Gasteiger partial charge in [0.15, 0.2) is 0 Å². The van der Waals surface area contributed by atoms with Gasteiger partial charge in [-0.2, -0.15) is 4.31 Å². The van der Waals surface area contributed by atoms with Crippen LogP contribution in [0.2, 0.25) is 0 Å². The van der Waals surface area contributed by atoms with Crippen LogP contribution in [0.3, 0.4) is 0 Å². The van der Waals surface area contributed by atoms with Crippen LogP contribution in [0.25, 0.3) is 0 Å². The molecule has 134 valence electrons. The number of rotatable bonds is 6. The molecule has 1 saturated heterocycles. The standard InChI is InChI=1S/C15H23N3O5S/c1-12-4-3-7-17(11-12)24(22,23)13-5-6-14(16(2)8-9-19)15(10-13)18(20)21/h5-6,10,12,19H,3-4,7-9,11H2,1-2H3/t12-/m1/s1. The fourth-order valence-electron chi connectivity index (χ4n) is 2.92. The van der Waals surface area contributed by atoms with E-state index < -0.39 is 14.9 Å². The molecule has 1 atom stereocenters. The minimum absolute atomic E-state index is 0.0653. The Balaban J connectivity index is 2.40. The van der Waals surface area contributed by atoms with Gasteiger partial charge < -0.3 is 10.0 Å². The summed E-state index contributed by atoms with van der Waals surface area (Å²) in [5, 5.41) is 20.3. The number of sulfonamides is 1. The second-order valence-electron chi connectivity index (χ2n) is 6.16. The lowest BCUT2D eigenvalue weighted by Crippen LogP contribution is -2.39. The van der Waals surface area contributed by atoms with Gasteiger partial charge in [0.1, 0.15) is 5.69 Å². The third-order valence-electron chi connectivity index (χ3n) is 4.25. The van der Waals surface area contributed by atoms with Crippen molar-refractivity contribution in [2.45, 2.75) is 24.7 Å². The lowest BCUT2D eigenvalue weighted by molar-refractivity contribution is -0.384. The number of nitro groups is 1. The number of anilines is 1. The number of benzene rings is 1. The summed E-state index contributed by atoms with van der Waals surface area (Å²) in [6.07, 6.45) is 1.77. The molecule has 0 unspecified atom stereocenters. The highest BCUT2D eigenvalue weighted by Gasteiger charge is 2.31. The lowest BCUT2D eigenvalue weighted by Gasteiger charge is -2.30. The van der Waals surface area contributed by atoms with Gasteiger partial charge in [0.05, 0.1) is 16.4 Å². The molecule has 1 aromatic rings. The molecule has 0 bridgehead atoms. The summed E-state index contributed by atoms with van der Waals surface area (Å²) in [5.41, 5.74) is -0.00269. The number of piperidine rings is 1. The lowest BCUT2D eigenvalue weighted by atomic mass is 10.0. The molecular weight excluding hydrogens is 334 g/mol. The second kappa shape index (κ2) is 7.45. The van der Waals surface area contributed by atoms with E-state index in [-0.39, 0.29) is 35.3 Å². The van der Waals surface area contributed by atoms with E-state index in [4.69, 9.17) is 5.11 Å². The zero-order valence-corrected chi connectivity index (χ0v) is 14.7. The summed E-state index contributed by atoms with van der Waals surface area (Å²) in [4.78, 5) is 12.2. The van der Waals surface area contributed by atoms with Gasteiger partial charge in [-0.25, -0.2) is 8.42 Å². The van der Waals surface area contributed by atoms with Gasteiger partial charge in [-0.1, -0.05) is 6.92 Å². The minimum Gasteiger partial charge on any atom is -0.395 e. The Morgan fingerprint density at radius 3 is 2.75 bits per heavy atom. The van der Waals surface area contributed by atoms with Crippen LogP contribution in [0.15, 0.2) is 23.1 Å². The molecule has 9 heteroatoms. The summed E-state index contributed by atoms with van der Waals surface area (Å²) in [7, 11) is -2.13. The monoisotopic (exact) mass is 357 g/mol. The Morgan fingerprint density at radius 1 is 1.46 bits per heavy atom. The van der Waals surface area contributed by atoms with Crippen LogP contribution in [0.5, 0.6) is 0 Å². The van der Waals surface area contributed by atoms with Crippen molar-refractivity contribution >= 4 is 21.4 Å². The molecule has 0 saturated carbocycles. The largest absolute Gasteiger partial charge is 0.395 e.